The zero-order valence-corrected chi connectivity index (χ0v) is 14.9. The molecular weight excluding hydrogens is 352 g/mol. The van der Waals surface area contributed by atoms with Crippen molar-refractivity contribution in [3.05, 3.63) is 66.2 Å². The van der Waals surface area contributed by atoms with Crippen LogP contribution in [0.5, 0.6) is 0 Å². The molecule has 2 aromatic heterocycles. The zero-order valence-electron chi connectivity index (χ0n) is 14.1. The van der Waals surface area contributed by atoms with Crippen molar-refractivity contribution in [2.24, 2.45) is 5.14 Å². The maximum absolute atomic E-state index is 12.0. The summed E-state index contributed by atoms with van der Waals surface area (Å²) in [7, 11) is -3.68. The molecule has 0 radical (unpaired) electrons. The van der Waals surface area contributed by atoms with Gasteiger partial charge in [0.1, 0.15) is 5.82 Å². The number of carbonyl (C=O) groups is 1. The van der Waals surface area contributed by atoms with Crippen LogP contribution in [0.4, 0.5) is 0 Å². The van der Waals surface area contributed by atoms with Gasteiger partial charge in [-0.05, 0) is 36.2 Å². The number of hydrogen-bond donors (Lipinski definition) is 2. The lowest BCUT2D eigenvalue weighted by atomic mass is 10.1. The van der Waals surface area contributed by atoms with Gasteiger partial charge in [0, 0.05) is 25.6 Å². The third-order valence-corrected chi connectivity index (χ3v) is 5.01. The third kappa shape index (κ3) is 4.47. The Morgan fingerprint density at radius 2 is 1.88 bits per heavy atom. The largest absolute Gasteiger partial charge is 0.356 e. The number of aryl methyl sites for hydroxylation is 1. The van der Waals surface area contributed by atoms with Crippen LogP contribution in [0.15, 0.2) is 59.8 Å². The lowest BCUT2D eigenvalue weighted by Crippen LogP contribution is -2.26. The Morgan fingerprint density at radius 3 is 2.62 bits per heavy atom. The Kier molecular flexibility index (Phi) is 5.34. The number of nitrogens with one attached hydrogen (secondary N) is 1. The summed E-state index contributed by atoms with van der Waals surface area (Å²) < 4.78 is 24.4. The molecule has 136 valence electrons. The van der Waals surface area contributed by atoms with E-state index in [1.165, 1.54) is 12.1 Å². The lowest BCUT2D eigenvalue weighted by molar-refractivity contribution is -0.121. The second-order valence-electron chi connectivity index (χ2n) is 5.96. The minimum Gasteiger partial charge on any atom is -0.356 e. The first kappa shape index (κ1) is 18.1. The van der Waals surface area contributed by atoms with Gasteiger partial charge >= 0.3 is 0 Å². The summed E-state index contributed by atoms with van der Waals surface area (Å²) in [5, 5.41) is 7.93. The average Bonchev–Trinajstić information content (AvgIpc) is 3.03. The number of rotatable bonds is 7. The predicted molar refractivity (Wildman–Crippen MR) is 98.0 cm³/mol. The van der Waals surface area contributed by atoms with Gasteiger partial charge in [0.05, 0.1) is 16.6 Å². The van der Waals surface area contributed by atoms with Crippen LogP contribution in [0.2, 0.25) is 0 Å². The van der Waals surface area contributed by atoms with Crippen molar-refractivity contribution in [3.8, 4) is 0 Å². The highest BCUT2D eigenvalue weighted by Gasteiger charge is 2.08. The molecule has 8 heteroatoms. The van der Waals surface area contributed by atoms with E-state index in [0.29, 0.717) is 25.8 Å². The van der Waals surface area contributed by atoms with Gasteiger partial charge in [0.15, 0.2) is 0 Å². The molecule has 0 bridgehead atoms. The van der Waals surface area contributed by atoms with Crippen molar-refractivity contribution in [1.29, 1.82) is 0 Å². The molecule has 0 unspecified atom stereocenters. The van der Waals surface area contributed by atoms with E-state index in [0.717, 1.165) is 16.9 Å². The van der Waals surface area contributed by atoms with Crippen LogP contribution in [-0.4, -0.2) is 30.3 Å². The number of aromatic nitrogens is 2. The van der Waals surface area contributed by atoms with Gasteiger partial charge in [-0.1, -0.05) is 18.2 Å². The molecule has 0 spiro atoms. The van der Waals surface area contributed by atoms with Gasteiger partial charge in [-0.15, -0.1) is 0 Å². The summed E-state index contributed by atoms with van der Waals surface area (Å²) in [5.74, 6) is 0.813. The Balaban J connectivity index is 1.46. The van der Waals surface area contributed by atoms with Crippen molar-refractivity contribution in [2.75, 3.05) is 6.54 Å². The van der Waals surface area contributed by atoms with Crippen LogP contribution in [-0.2, 0) is 27.7 Å². The number of pyridine rings is 1. The molecule has 3 N–H and O–H groups in total. The van der Waals surface area contributed by atoms with Gasteiger partial charge in [0.2, 0.25) is 15.9 Å². The van der Waals surface area contributed by atoms with Gasteiger partial charge in [0.25, 0.3) is 0 Å². The number of imidazole rings is 1. The fourth-order valence-electron chi connectivity index (χ4n) is 2.69. The summed E-state index contributed by atoms with van der Waals surface area (Å²) in [6.07, 6.45) is 5.26. The number of fused-ring (bicyclic) bond motifs is 1. The third-order valence-electron chi connectivity index (χ3n) is 4.08. The van der Waals surface area contributed by atoms with Crippen molar-refractivity contribution < 1.29 is 13.2 Å². The molecule has 1 amide bonds. The van der Waals surface area contributed by atoms with E-state index in [-0.39, 0.29) is 10.8 Å². The van der Waals surface area contributed by atoms with Gasteiger partial charge in [-0.25, -0.2) is 18.5 Å². The fraction of sp³-hybridized carbons (Fsp3) is 0.222. The standard InChI is InChI=1S/C18H20N4O3S/c19-26(24,25)16-6-4-14(5-7-16)10-11-20-18(23)9-8-17-21-13-15-3-1-2-12-22(15)17/h1-7,12-13H,8-11H2,(H,20,23)(H2,19,24,25). The van der Waals surface area contributed by atoms with E-state index in [1.807, 2.05) is 28.8 Å². The fourth-order valence-corrected chi connectivity index (χ4v) is 3.21. The van der Waals surface area contributed by atoms with E-state index < -0.39 is 10.0 Å². The molecule has 1 aromatic carbocycles. The highest BCUT2D eigenvalue weighted by molar-refractivity contribution is 7.89. The van der Waals surface area contributed by atoms with E-state index in [9.17, 15) is 13.2 Å². The number of hydrogen-bond acceptors (Lipinski definition) is 4. The zero-order chi connectivity index (χ0) is 18.6. The number of sulfonamides is 1. The Labute approximate surface area is 151 Å². The van der Waals surface area contributed by atoms with Crippen LogP contribution in [0, 0.1) is 0 Å². The first-order valence-electron chi connectivity index (χ1n) is 8.23. The Hall–Kier alpha value is -2.71. The molecule has 3 rings (SSSR count). The van der Waals surface area contributed by atoms with Gasteiger partial charge in [-0.2, -0.15) is 0 Å². The predicted octanol–water partition coefficient (Wildman–Crippen LogP) is 1.27. The van der Waals surface area contributed by atoms with Crippen LogP contribution >= 0.6 is 0 Å². The molecule has 0 fully saturated rings. The molecule has 0 atom stereocenters. The van der Waals surface area contributed by atoms with Crippen LogP contribution < -0.4 is 10.5 Å². The number of nitrogens with zero attached hydrogens (tertiary/aromatic N) is 2. The minimum atomic E-state index is -3.68. The van der Waals surface area contributed by atoms with E-state index in [4.69, 9.17) is 5.14 Å². The second kappa shape index (κ2) is 7.67. The highest BCUT2D eigenvalue weighted by atomic mass is 32.2. The van der Waals surface area contributed by atoms with Crippen LogP contribution in [0.1, 0.15) is 17.8 Å². The molecule has 2 heterocycles. The summed E-state index contributed by atoms with van der Waals surface area (Å²) in [6, 6.07) is 12.2. The summed E-state index contributed by atoms with van der Waals surface area (Å²) in [5.41, 5.74) is 1.93. The molecule has 0 aliphatic rings. The van der Waals surface area contributed by atoms with E-state index in [1.54, 1.807) is 18.3 Å². The monoisotopic (exact) mass is 372 g/mol. The van der Waals surface area contributed by atoms with Crippen molar-refractivity contribution in [1.82, 2.24) is 14.7 Å². The first-order valence-corrected chi connectivity index (χ1v) is 9.77. The molecule has 0 saturated heterocycles. The number of nitrogens with two attached hydrogens (primary N) is 1. The lowest BCUT2D eigenvalue weighted by Gasteiger charge is -2.06. The molecule has 0 aliphatic carbocycles. The molecule has 3 aromatic rings. The Morgan fingerprint density at radius 1 is 1.12 bits per heavy atom. The van der Waals surface area contributed by atoms with Gasteiger partial charge < -0.3 is 9.72 Å². The van der Waals surface area contributed by atoms with Crippen molar-refractivity contribution in [3.63, 3.8) is 0 Å². The topological polar surface area (TPSA) is 107 Å². The van der Waals surface area contributed by atoms with Crippen LogP contribution in [0.3, 0.4) is 0 Å². The number of primary sulfonamides is 1. The van der Waals surface area contributed by atoms with Crippen LogP contribution in [0.25, 0.3) is 5.52 Å². The average molecular weight is 372 g/mol. The smallest absolute Gasteiger partial charge is 0.238 e. The number of amides is 1. The first-order chi connectivity index (χ1) is 12.4. The quantitative estimate of drug-likeness (QED) is 0.651. The number of benzene rings is 1. The molecule has 0 aliphatic heterocycles. The highest BCUT2D eigenvalue weighted by Crippen LogP contribution is 2.09. The maximum Gasteiger partial charge on any atom is 0.238 e. The molecular formula is C18H20N4O3S. The summed E-state index contributed by atoms with van der Waals surface area (Å²) in [4.78, 5) is 16.4. The minimum absolute atomic E-state index is 0.0427. The summed E-state index contributed by atoms with van der Waals surface area (Å²) in [6.45, 7) is 0.482. The maximum atomic E-state index is 12.0. The van der Waals surface area contributed by atoms with Crippen molar-refractivity contribution in [2.45, 2.75) is 24.2 Å². The Bertz CT molecular complexity index is 1010. The van der Waals surface area contributed by atoms with E-state index >= 15 is 0 Å². The second-order valence-corrected chi connectivity index (χ2v) is 7.52. The molecule has 26 heavy (non-hydrogen) atoms. The van der Waals surface area contributed by atoms with Crippen molar-refractivity contribution >= 4 is 21.4 Å². The SMILES string of the molecule is NS(=O)(=O)c1ccc(CCNC(=O)CCc2ncc3ccccn23)cc1. The molecule has 7 nitrogen and oxygen atoms in total. The number of carbonyl (C=O) groups excluding carboxylic acids is 1. The normalized spacial score (nSPS) is 11.6. The van der Waals surface area contributed by atoms with Gasteiger partial charge in [-0.3, -0.25) is 4.79 Å². The van der Waals surface area contributed by atoms with E-state index in [2.05, 4.69) is 10.3 Å². The molecule has 0 saturated carbocycles. The summed E-state index contributed by atoms with van der Waals surface area (Å²) >= 11 is 0.